The van der Waals surface area contributed by atoms with Gasteiger partial charge in [0.05, 0.1) is 6.54 Å². The molecule has 146 valence electrons. The van der Waals surface area contributed by atoms with Gasteiger partial charge in [-0.25, -0.2) is 9.18 Å². The Morgan fingerprint density at radius 2 is 1.81 bits per heavy atom. The molecule has 1 saturated carbocycles. The van der Waals surface area contributed by atoms with Crippen molar-refractivity contribution < 1.29 is 9.18 Å². The van der Waals surface area contributed by atoms with E-state index in [0.717, 1.165) is 38.8 Å². The average Bonchev–Trinajstić information content (AvgIpc) is 2.64. The molecule has 2 amide bonds. The Bertz CT molecular complexity index is 560. The van der Waals surface area contributed by atoms with Crippen LogP contribution >= 0.6 is 12.4 Å². The molecule has 1 aliphatic carbocycles. The summed E-state index contributed by atoms with van der Waals surface area (Å²) < 4.78 is 14.1. The fraction of sp³-hybridized carbons (Fsp3) is 0.650. The molecule has 0 atom stereocenters. The molecule has 0 radical (unpaired) electrons. The molecule has 2 aliphatic rings. The fourth-order valence-electron chi connectivity index (χ4n) is 3.94. The van der Waals surface area contributed by atoms with Crippen LogP contribution in [0.25, 0.3) is 0 Å². The van der Waals surface area contributed by atoms with Crippen LogP contribution in [0.3, 0.4) is 0 Å². The number of carbonyl (C=O) groups excluding carboxylic acids is 1. The van der Waals surface area contributed by atoms with E-state index in [1.54, 1.807) is 12.1 Å². The van der Waals surface area contributed by atoms with Crippen LogP contribution in [0.4, 0.5) is 9.18 Å². The Hall–Kier alpha value is -1.33. The van der Waals surface area contributed by atoms with Crippen molar-refractivity contribution in [1.29, 1.82) is 0 Å². The lowest BCUT2D eigenvalue weighted by atomic mass is 9.95. The molecule has 1 aromatic carbocycles. The van der Waals surface area contributed by atoms with Crippen LogP contribution in [0.15, 0.2) is 24.3 Å². The lowest BCUT2D eigenvalue weighted by Gasteiger charge is -2.32. The monoisotopic (exact) mass is 383 g/mol. The summed E-state index contributed by atoms with van der Waals surface area (Å²) in [4.78, 5) is 14.7. The molecule has 0 bridgehead atoms. The summed E-state index contributed by atoms with van der Waals surface area (Å²) in [6, 6.07) is 7.01. The number of nitrogens with one attached hydrogen (secondary N) is 2. The van der Waals surface area contributed by atoms with Crippen molar-refractivity contribution in [2.24, 2.45) is 5.92 Å². The molecule has 0 spiro atoms. The highest BCUT2D eigenvalue weighted by Crippen LogP contribution is 2.20. The van der Waals surface area contributed by atoms with Crippen LogP contribution in [-0.4, -0.2) is 36.6 Å². The minimum atomic E-state index is -0.233. The van der Waals surface area contributed by atoms with E-state index in [1.165, 1.54) is 25.3 Å². The first-order valence-corrected chi connectivity index (χ1v) is 9.72. The molecule has 6 heteroatoms. The molecule has 1 heterocycles. The number of nitrogens with zero attached hydrogens (tertiary/aromatic N) is 1. The van der Waals surface area contributed by atoms with Gasteiger partial charge in [-0.3, -0.25) is 0 Å². The predicted octanol–water partition coefficient (Wildman–Crippen LogP) is 4.09. The molecule has 4 nitrogen and oxygen atoms in total. The maximum Gasteiger partial charge on any atom is 0.317 e. The van der Waals surface area contributed by atoms with E-state index in [0.29, 0.717) is 24.6 Å². The van der Waals surface area contributed by atoms with Gasteiger partial charge < -0.3 is 15.5 Å². The highest BCUT2D eigenvalue weighted by Gasteiger charge is 2.24. The number of halogens is 2. The van der Waals surface area contributed by atoms with Gasteiger partial charge >= 0.3 is 6.03 Å². The van der Waals surface area contributed by atoms with Gasteiger partial charge in [0.1, 0.15) is 5.82 Å². The van der Waals surface area contributed by atoms with Crippen molar-refractivity contribution in [2.75, 3.05) is 19.6 Å². The zero-order chi connectivity index (χ0) is 17.5. The Morgan fingerprint density at radius 1 is 1.12 bits per heavy atom. The number of piperidine rings is 1. The van der Waals surface area contributed by atoms with Crippen molar-refractivity contribution in [3.8, 4) is 0 Å². The second-order valence-electron chi connectivity index (χ2n) is 7.45. The maximum atomic E-state index is 14.1. The Kier molecular flexibility index (Phi) is 8.66. The third-order valence-electron chi connectivity index (χ3n) is 5.48. The van der Waals surface area contributed by atoms with E-state index >= 15 is 0 Å². The molecule has 1 aliphatic heterocycles. The summed E-state index contributed by atoms with van der Waals surface area (Å²) in [7, 11) is 0. The number of rotatable bonds is 5. The van der Waals surface area contributed by atoms with Crippen molar-refractivity contribution in [2.45, 2.75) is 57.5 Å². The van der Waals surface area contributed by atoms with Crippen molar-refractivity contribution >= 4 is 18.4 Å². The molecule has 0 aromatic heterocycles. The van der Waals surface area contributed by atoms with E-state index < -0.39 is 0 Å². The summed E-state index contributed by atoms with van der Waals surface area (Å²) in [5, 5.41) is 6.56. The highest BCUT2D eigenvalue weighted by atomic mass is 35.5. The van der Waals surface area contributed by atoms with Gasteiger partial charge in [0.25, 0.3) is 0 Å². The van der Waals surface area contributed by atoms with Gasteiger partial charge in [-0.15, -0.1) is 12.4 Å². The third-order valence-corrected chi connectivity index (χ3v) is 5.48. The van der Waals surface area contributed by atoms with Crippen LogP contribution in [0.2, 0.25) is 0 Å². The van der Waals surface area contributed by atoms with Crippen molar-refractivity contribution in [3.63, 3.8) is 0 Å². The van der Waals surface area contributed by atoms with Crippen LogP contribution in [0.5, 0.6) is 0 Å². The van der Waals surface area contributed by atoms with Crippen molar-refractivity contribution in [1.82, 2.24) is 15.5 Å². The largest absolute Gasteiger partial charge is 0.335 e. The number of carbonyl (C=O) groups is 1. The van der Waals surface area contributed by atoms with Crippen LogP contribution in [0.1, 0.15) is 50.5 Å². The van der Waals surface area contributed by atoms with Crippen LogP contribution in [-0.2, 0) is 6.54 Å². The van der Waals surface area contributed by atoms with E-state index in [2.05, 4.69) is 10.6 Å². The first-order valence-electron chi connectivity index (χ1n) is 9.72. The number of hydrogen-bond donors (Lipinski definition) is 2. The minimum Gasteiger partial charge on any atom is -0.335 e. The Morgan fingerprint density at radius 3 is 2.50 bits per heavy atom. The first kappa shape index (κ1) is 21.0. The van der Waals surface area contributed by atoms with Gasteiger partial charge in [-0.2, -0.15) is 0 Å². The number of benzene rings is 1. The number of urea groups is 1. The minimum absolute atomic E-state index is 0. The van der Waals surface area contributed by atoms with Crippen LogP contribution in [0, 0.1) is 11.7 Å². The molecule has 2 fully saturated rings. The normalized spacial score (nSPS) is 18.8. The molecular formula is C20H31ClFN3O. The third kappa shape index (κ3) is 6.13. The van der Waals surface area contributed by atoms with Gasteiger partial charge in [-0.1, -0.05) is 37.5 Å². The summed E-state index contributed by atoms with van der Waals surface area (Å²) >= 11 is 0. The second-order valence-corrected chi connectivity index (χ2v) is 7.45. The van der Waals surface area contributed by atoms with E-state index in [4.69, 9.17) is 0 Å². The van der Waals surface area contributed by atoms with E-state index in [-0.39, 0.29) is 30.3 Å². The topological polar surface area (TPSA) is 44.4 Å². The summed E-state index contributed by atoms with van der Waals surface area (Å²) in [5.74, 6) is 0.258. The van der Waals surface area contributed by atoms with E-state index in [1.807, 2.05) is 11.0 Å². The van der Waals surface area contributed by atoms with E-state index in [9.17, 15) is 9.18 Å². The van der Waals surface area contributed by atoms with Crippen molar-refractivity contribution in [3.05, 3.63) is 35.6 Å². The molecule has 1 aromatic rings. The standard InChI is InChI=1S/C20H30FN3O.ClH/c21-19-9-5-4-6-17(19)15-24(14-16-10-12-22-13-11-16)20(25)23-18-7-2-1-3-8-18;/h4-6,9,16,18,22H,1-3,7-8,10-15H2,(H,23,25);1H. The molecule has 1 saturated heterocycles. The van der Waals surface area contributed by atoms with Gasteiger partial charge in [0.15, 0.2) is 0 Å². The molecule has 3 rings (SSSR count). The van der Waals surface area contributed by atoms with Crippen LogP contribution < -0.4 is 10.6 Å². The molecule has 26 heavy (non-hydrogen) atoms. The lowest BCUT2D eigenvalue weighted by molar-refractivity contribution is 0.169. The zero-order valence-corrected chi connectivity index (χ0v) is 16.2. The lowest BCUT2D eigenvalue weighted by Crippen LogP contribution is -2.47. The molecule has 2 N–H and O–H groups in total. The van der Waals surface area contributed by atoms with Gasteiger partial charge in [0, 0.05) is 18.2 Å². The van der Waals surface area contributed by atoms with Gasteiger partial charge in [0.2, 0.25) is 0 Å². The second kappa shape index (κ2) is 10.7. The zero-order valence-electron chi connectivity index (χ0n) is 15.4. The number of amides is 2. The summed E-state index contributed by atoms with van der Waals surface area (Å²) in [6.07, 6.45) is 7.91. The summed E-state index contributed by atoms with van der Waals surface area (Å²) in [5.41, 5.74) is 0.593. The smallest absolute Gasteiger partial charge is 0.317 e. The van der Waals surface area contributed by atoms with Gasteiger partial charge in [-0.05, 0) is 50.8 Å². The molecular weight excluding hydrogens is 353 g/mol. The predicted molar refractivity (Wildman–Crippen MR) is 105 cm³/mol. The maximum absolute atomic E-state index is 14.1. The SMILES string of the molecule is Cl.O=C(NC1CCCCC1)N(Cc1ccccc1F)CC1CCNCC1. The average molecular weight is 384 g/mol. The first-order chi connectivity index (χ1) is 12.2. The Balaban J connectivity index is 0.00000243. The fourth-order valence-corrected chi connectivity index (χ4v) is 3.94. The summed E-state index contributed by atoms with van der Waals surface area (Å²) in [6.45, 7) is 3.05. The Labute approximate surface area is 162 Å². The highest BCUT2D eigenvalue weighted by molar-refractivity contribution is 5.85. The number of hydrogen-bond acceptors (Lipinski definition) is 2. The quantitative estimate of drug-likeness (QED) is 0.804. The molecule has 0 unspecified atom stereocenters.